The molecule has 1 aliphatic rings. The molecule has 0 spiro atoms. The van der Waals surface area contributed by atoms with E-state index in [1.807, 2.05) is 11.8 Å². The maximum atomic E-state index is 11.6. The molecule has 7 heteroatoms. The Morgan fingerprint density at radius 2 is 2.43 bits per heavy atom. The fourth-order valence-electron chi connectivity index (χ4n) is 2.74. The smallest absolute Gasteiger partial charge is 0.224 e. The summed E-state index contributed by atoms with van der Waals surface area (Å²) in [4.78, 5) is 24.0. The second-order valence-corrected chi connectivity index (χ2v) is 4.99. The lowest BCUT2D eigenvalue weighted by atomic mass is 10.2. The van der Waals surface area contributed by atoms with E-state index in [4.69, 9.17) is 0 Å². The van der Waals surface area contributed by atoms with Crippen LogP contribution in [0.15, 0.2) is 6.20 Å². The molecule has 0 saturated carbocycles. The number of anilines is 2. The van der Waals surface area contributed by atoms with Gasteiger partial charge in [-0.3, -0.25) is 4.79 Å². The monoisotopic (exact) mass is 288 g/mol. The van der Waals surface area contributed by atoms with Crippen LogP contribution in [0.4, 0.5) is 11.8 Å². The molecule has 1 aromatic heterocycles. The molecule has 0 bridgehead atoms. The molecule has 1 unspecified atom stereocenters. The molecule has 1 saturated heterocycles. The van der Waals surface area contributed by atoms with Crippen molar-refractivity contribution in [2.24, 2.45) is 0 Å². The van der Waals surface area contributed by atoms with Crippen LogP contribution in [0.5, 0.6) is 0 Å². The van der Waals surface area contributed by atoms with E-state index >= 15 is 0 Å². The Morgan fingerprint density at radius 1 is 1.67 bits per heavy atom. The van der Waals surface area contributed by atoms with E-state index in [1.165, 1.54) is 6.20 Å². The normalized spacial score (nSPS) is 17.4. The molecular formula is C14H20N6O. The number of hydrogen-bond donors (Lipinski definition) is 1. The zero-order valence-corrected chi connectivity index (χ0v) is 12.6. The fraction of sp³-hybridized carbons (Fsp3) is 0.571. The van der Waals surface area contributed by atoms with Crippen molar-refractivity contribution in [1.29, 1.82) is 5.26 Å². The van der Waals surface area contributed by atoms with E-state index in [1.54, 1.807) is 14.0 Å². The van der Waals surface area contributed by atoms with E-state index in [9.17, 15) is 10.1 Å². The molecule has 1 fully saturated rings. The van der Waals surface area contributed by atoms with Crippen molar-refractivity contribution < 1.29 is 4.79 Å². The lowest BCUT2D eigenvalue weighted by molar-refractivity contribution is -0.130. The highest BCUT2D eigenvalue weighted by Gasteiger charge is 2.30. The van der Waals surface area contributed by atoms with Crippen molar-refractivity contribution in [3.8, 4) is 6.07 Å². The molecule has 1 aromatic rings. The summed E-state index contributed by atoms with van der Waals surface area (Å²) in [6.07, 6.45) is 2.42. The van der Waals surface area contributed by atoms with E-state index in [0.29, 0.717) is 30.4 Å². The lowest BCUT2D eigenvalue weighted by Gasteiger charge is -2.27. The summed E-state index contributed by atoms with van der Waals surface area (Å²) in [7, 11) is 1.74. The van der Waals surface area contributed by atoms with Gasteiger partial charge in [-0.2, -0.15) is 10.2 Å². The van der Waals surface area contributed by atoms with Gasteiger partial charge in [-0.1, -0.05) is 0 Å². The molecule has 0 aromatic carbocycles. The van der Waals surface area contributed by atoms with Crippen molar-refractivity contribution in [2.75, 3.05) is 36.9 Å². The van der Waals surface area contributed by atoms with Crippen LogP contribution in [-0.4, -0.2) is 53.5 Å². The lowest BCUT2D eigenvalue weighted by Crippen LogP contribution is -2.40. The van der Waals surface area contributed by atoms with E-state index in [2.05, 4.69) is 26.3 Å². The van der Waals surface area contributed by atoms with Gasteiger partial charge in [0.05, 0.1) is 12.2 Å². The standard InChI is InChI=1S/C14H20N6O/c1-4-20(10(2)21)12-5-6-19(9-12)13-11(7-15)8-17-14(16-3)18-13/h8,12H,4-6,9H2,1-3H3,(H,16,17,18). The highest BCUT2D eigenvalue weighted by Crippen LogP contribution is 2.25. The van der Waals surface area contributed by atoms with Gasteiger partial charge in [-0.25, -0.2) is 4.98 Å². The molecule has 1 amide bonds. The van der Waals surface area contributed by atoms with Crippen LogP contribution in [-0.2, 0) is 4.79 Å². The summed E-state index contributed by atoms with van der Waals surface area (Å²) in [6.45, 7) is 5.75. The third-order valence-electron chi connectivity index (χ3n) is 3.76. The van der Waals surface area contributed by atoms with Gasteiger partial charge < -0.3 is 15.1 Å². The SMILES string of the molecule is CCN(C(C)=O)C1CCN(c2nc(NC)ncc2C#N)C1. The molecule has 0 aliphatic carbocycles. The summed E-state index contributed by atoms with van der Waals surface area (Å²) in [5, 5.41) is 12.1. The summed E-state index contributed by atoms with van der Waals surface area (Å²) in [5.74, 6) is 1.22. The zero-order valence-electron chi connectivity index (χ0n) is 12.6. The van der Waals surface area contributed by atoms with Crippen LogP contribution in [0.2, 0.25) is 0 Å². The Labute approximate surface area is 124 Å². The summed E-state index contributed by atoms with van der Waals surface area (Å²) in [6, 6.07) is 2.30. The highest BCUT2D eigenvalue weighted by atomic mass is 16.2. The minimum Gasteiger partial charge on any atom is -0.357 e. The number of likely N-dealkylation sites (N-methyl/N-ethyl adjacent to an activating group) is 1. The Kier molecular flexibility index (Phi) is 4.58. The molecule has 2 rings (SSSR count). The van der Waals surface area contributed by atoms with Crippen molar-refractivity contribution in [3.05, 3.63) is 11.8 Å². The molecule has 21 heavy (non-hydrogen) atoms. The third-order valence-corrected chi connectivity index (χ3v) is 3.76. The van der Waals surface area contributed by atoms with E-state index < -0.39 is 0 Å². The molecule has 1 aliphatic heterocycles. The largest absolute Gasteiger partial charge is 0.357 e. The molecule has 112 valence electrons. The first kappa shape index (κ1) is 15.0. The van der Waals surface area contributed by atoms with Crippen molar-refractivity contribution >= 4 is 17.7 Å². The Balaban J connectivity index is 2.21. The number of rotatable bonds is 4. The predicted octanol–water partition coefficient (Wildman–Crippen LogP) is 0.837. The molecular weight excluding hydrogens is 268 g/mol. The molecule has 7 nitrogen and oxygen atoms in total. The van der Waals surface area contributed by atoms with Crippen LogP contribution in [0.1, 0.15) is 25.8 Å². The van der Waals surface area contributed by atoms with Crippen LogP contribution in [0.25, 0.3) is 0 Å². The molecule has 0 radical (unpaired) electrons. The number of nitriles is 1. The van der Waals surface area contributed by atoms with Crippen molar-refractivity contribution in [3.63, 3.8) is 0 Å². The topological polar surface area (TPSA) is 85.2 Å². The minimum absolute atomic E-state index is 0.0865. The highest BCUT2D eigenvalue weighted by molar-refractivity contribution is 5.73. The van der Waals surface area contributed by atoms with Crippen LogP contribution in [0, 0.1) is 11.3 Å². The first-order valence-corrected chi connectivity index (χ1v) is 7.07. The van der Waals surface area contributed by atoms with Gasteiger partial charge in [-0.05, 0) is 13.3 Å². The van der Waals surface area contributed by atoms with E-state index in [0.717, 1.165) is 13.0 Å². The maximum Gasteiger partial charge on any atom is 0.224 e. The first-order chi connectivity index (χ1) is 10.1. The van der Waals surface area contributed by atoms with Crippen LogP contribution in [0.3, 0.4) is 0 Å². The number of amides is 1. The van der Waals surface area contributed by atoms with Crippen LogP contribution >= 0.6 is 0 Å². The van der Waals surface area contributed by atoms with Gasteiger partial charge in [0.2, 0.25) is 11.9 Å². The minimum atomic E-state index is 0.0865. The van der Waals surface area contributed by atoms with Gasteiger partial charge in [0.15, 0.2) is 5.82 Å². The number of carbonyl (C=O) groups is 1. The predicted molar refractivity (Wildman–Crippen MR) is 80.0 cm³/mol. The second-order valence-electron chi connectivity index (χ2n) is 4.99. The van der Waals surface area contributed by atoms with Gasteiger partial charge in [-0.15, -0.1) is 0 Å². The number of hydrogen-bond acceptors (Lipinski definition) is 6. The van der Waals surface area contributed by atoms with Crippen molar-refractivity contribution in [1.82, 2.24) is 14.9 Å². The van der Waals surface area contributed by atoms with Gasteiger partial charge in [0, 0.05) is 33.6 Å². The molecule has 1 atom stereocenters. The average Bonchev–Trinajstić information content (AvgIpc) is 2.96. The van der Waals surface area contributed by atoms with Crippen LogP contribution < -0.4 is 10.2 Å². The van der Waals surface area contributed by atoms with E-state index in [-0.39, 0.29) is 11.9 Å². The van der Waals surface area contributed by atoms with Gasteiger partial charge in [0.25, 0.3) is 0 Å². The number of aromatic nitrogens is 2. The number of carbonyl (C=O) groups excluding carboxylic acids is 1. The summed E-state index contributed by atoms with van der Waals surface area (Å²) in [5.41, 5.74) is 0.459. The summed E-state index contributed by atoms with van der Waals surface area (Å²) < 4.78 is 0. The number of nitrogens with zero attached hydrogens (tertiary/aromatic N) is 5. The van der Waals surface area contributed by atoms with Crippen molar-refractivity contribution in [2.45, 2.75) is 26.3 Å². The van der Waals surface area contributed by atoms with Gasteiger partial charge in [0.1, 0.15) is 11.6 Å². The quantitative estimate of drug-likeness (QED) is 0.883. The number of nitrogens with one attached hydrogen (secondary N) is 1. The molecule has 2 heterocycles. The van der Waals surface area contributed by atoms with Gasteiger partial charge >= 0.3 is 0 Å². The zero-order chi connectivity index (χ0) is 15.4. The second kappa shape index (κ2) is 6.39. The average molecular weight is 288 g/mol. The first-order valence-electron chi connectivity index (χ1n) is 7.07. The summed E-state index contributed by atoms with van der Waals surface area (Å²) >= 11 is 0. The third kappa shape index (κ3) is 3.05. The Hall–Kier alpha value is -2.36. The Morgan fingerprint density at radius 3 is 3.00 bits per heavy atom. The fourth-order valence-corrected chi connectivity index (χ4v) is 2.74. The molecule has 1 N–H and O–H groups in total. The maximum absolute atomic E-state index is 11.6. The Bertz CT molecular complexity index is 567.